The summed E-state index contributed by atoms with van der Waals surface area (Å²) in [7, 11) is 0. The molecule has 0 fully saturated rings. The van der Waals surface area contributed by atoms with Gasteiger partial charge in [-0.15, -0.1) is 0 Å². The Morgan fingerprint density at radius 3 is 2.18 bits per heavy atom. The minimum Gasteiger partial charge on any atom is -0.445 e. The highest BCUT2D eigenvalue weighted by Crippen LogP contribution is 2.22. The lowest BCUT2D eigenvalue weighted by molar-refractivity contribution is -0.165. The van der Waals surface area contributed by atoms with Gasteiger partial charge in [-0.25, -0.2) is 4.79 Å². The van der Waals surface area contributed by atoms with Crippen LogP contribution in [0.2, 0.25) is 0 Å². The van der Waals surface area contributed by atoms with Gasteiger partial charge in [-0.3, -0.25) is 9.78 Å². The van der Waals surface area contributed by atoms with Crippen LogP contribution in [0, 0.1) is 5.92 Å². The number of carbonyl (C=O) groups excluding carboxylic acids is 2. The molecule has 2 rings (SSSR count). The smallest absolute Gasteiger partial charge is 0.357 e. The molecule has 0 saturated heterocycles. The van der Waals surface area contributed by atoms with Crippen molar-refractivity contribution in [1.82, 2.24) is 4.98 Å². The Balaban J connectivity index is 2.20. The van der Waals surface area contributed by atoms with Crippen molar-refractivity contribution < 1.29 is 19.1 Å². The number of rotatable bonds is 5. The Hall–Kier alpha value is -2.69. The lowest BCUT2D eigenvalue weighted by Gasteiger charge is -2.18. The second kappa shape index (κ2) is 7.36. The Labute approximate surface area is 128 Å². The Bertz CT molecular complexity index is 626. The standard InChI is InChI=1S/C17H17NO4/c1-12(2)16(19)22-15(13-8-10-18-11-9-13)17(20)21-14-6-4-3-5-7-14/h3-12,15H,1-2H3. The summed E-state index contributed by atoms with van der Waals surface area (Å²) < 4.78 is 10.6. The maximum atomic E-state index is 12.4. The summed E-state index contributed by atoms with van der Waals surface area (Å²) >= 11 is 0. The van der Waals surface area contributed by atoms with E-state index in [1.165, 1.54) is 12.4 Å². The van der Waals surface area contributed by atoms with Gasteiger partial charge in [0.1, 0.15) is 5.75 Å². The van der Waals surface area contributed by atoms with Crippen LogP contribution in [0.1, 0.15) is 25.5 Å². The molecule has 1 heterocycles. The molecule has 0 N–H and O–H groups in total. The monoisotopic (exact) mass is 299 g/mol. The Morgan fingerprint density at radius 1 is 0.955 bits per heavy atom. The summed E-state index contributed by atoms with van der Waals surface area (Å²) in [4.78, 5) is 28.1. The minimum atomic E-state index is -1.11. The molecule has 5 nitrogen and oxygen atoms in total. The van der Waals surface area contributed by atoms with E-state index >= 15 is 0 Å². The van der Waals surface area contributed by atoms with Crippen LogP contribution in [0.3, 0.4) is 0 Å². The zero-order valence-electron chi connectivity index (χ0n) is 12.4. The molecule has 1 atom stereocenters. The maximum absolute atomic E-state index is 12.4. The molecule has 0 aliphatic rings. The molecular weight excluding hydrogens is 282 g/mol. The van der Waals surface area contributed by atoms with Gasteiger partial charge in [0.25, 0.3) is 0 Å². The number of hydrogen-bond acceptors (Lipinski definition) is 5. The van der Waals surface area contributed by atoms with Crippen molar-refractivity contribution >= 4 is 11.9 Å². The average molecular weight is 299 g/mol. The lowest BCUT2D eigenvalue weighted by atomic mass is 10.1. The Morgan fingerprint density at radius 2 is 1.59 bits per heavy atom. The van der Waals surface area contributed by atoms with Gasteiger partial charge in [0.2, 0.25) is 6.10 Å². The highest BCUT2D eigenvalue weighted by atomic mass is 16.6. The van der Waals surface area contributed by atoms with E-state index < -0.39 is 18.0 Å². The number of para-hydroxylation sites is 1. The number of ether oxygens (including phenoxy) is 2. The van der Waals surface area contributed by atoms with E-state index in [1.807, 2.05) is 6.07 Å². The fourth-order valence-corrected chi connectivity index (χ4v) is 1.70. The first-order valence-corrected chi connectivity index (χ1v) is 6.95. The fraction of sp³-hybridized carbons (Fsp3) is 0.235. The van der Waals surface area contributed by atoms with Gasteiger partial charge in [-0.1, -0.05) is 32.0 Å². The van der Waals surface area contributed by atoms with Gasteiger partial charge in [-0.2, -0.15) is 0 Å². The third-order valence-corrected chi connectivity index (χ3v) is 2.89. The second-order valence-electron chi connectivity index (χ2n) is 4.99. The molecule has 1 unspecified atom stereocenters. The van der Waals surface area contributed by atoms with E-state index in [2.05, 4.69) is 4.98 Å². The Kier molecular flexibility index (Phi) is 5.25. The van der Waals surface area contributed by atoms with E-state index in [9.17, 15) is 9.59 Å². The highest BCUT2D eigenvalue weighted by Gasteiger charge is 2.28. The molecule has 0 aliphatic heterocycles. The van der Waals surface area contributed by atoms with Crippen LogP contribution in [0.25, 0.3) is 0 Å². The van der Waals surface area contributed by atoms with E-state index in [-0.39, 0.29) is 5.92 Å². The first-order valence-electron chi connectivity index (χ1n) is 6.95. The zero-order chi connectivity index (χ0) is 15.9. The summed E-state index contributed by atoms with van der Waals surface area (Å²) in [5.41, 5.74) is 0.518. The molecule has 5 heteroatoms. The van der Waals surface area contributed by atoms with Gasteiger partial charge in [0.05, 0.1) is 5.92 Å². The van der Waals surface area contributed by atoms with Crippen molar-refractivity contribution in [2.75, 3.05) is 0 Å². The molecular formula is C17H17NO4. The molecule has 114 valence electrons. The van der Waals surface area contributed by atoms with E-state index in [4.69, 9.17) is 9.47 Å². The summed E-state index contributed by atoms with van der Waals surface area (Å²) in [6.07, 6.45) is 1.95. The number of hydrogen-bond donors (Lipinski definition) is 0. The fourth-order valence-electron chi connectivity index (χ4n) is 1.70. The summed E-state index contributed by atoms with van der Waals surface area (Å²) in [5, 5.41) is 0. The number of benzene rings is 1. The van der Waals surface area contributed by atoms with Crippen LogP contribution >= 0.6 is 0 Å². The first-order chi connectivity index (χ1) is 10.6. The van der Waals surface area contributed by atoms with Gasteiger partial charge in [0, 0.05) is 18.0 Å². The third-order valence-electron chi connectivity index (χ3n) is 2.89. The minimum absolute atomic E-state index is 0.339. The van der Waals surface area contributed by atoms with Crippen LogP contribution in [-0.2, 0) is 14.3 Å². The van der Waals surface area contributed by atoms with Crippen LogP contribution in [0.4, 0.5) is 0 Å². The molecule has 0 aliphatic carbocycles. The molecule has 0 radical (unpaired) electrons. The van der Waals surface area contributed by atoms with Crippen molar-refractivity contribution in [2.24, 2.45) is 5.92 Å². The van der Waals surface area contributed by atoms with Crippen molar-refractivity contribution in [1.29, 1.82) is 0 Å². The normalized spacial score (nSPS) is 11.8. The zero-order valence-corrected chi connectivity index (χ0v) is 12.4. The summed E-state index contributed by atoms with van der Waals surface area (Å²) in [6.45, 7) is 3.41. The van der Waals surface area contributed by atoms with Gasteiger partial charge in [0.15, 0.2) is 0 Å². The van der Waals surface area contributed by atoms with E-state index in [1.54, 1.807) is 50.2 Å². The topological polar surface area (TPSA) is 65.5 Å². The molecule has 0 saturated carbocycles. The molecule has 0 amide bonds. The second-order valence-corrected chi connectivity index (χ2v) is 4.99. The van der Waals surface area contributed by atoms with Crippen LogP contribution in [0.15, 0.2) is 54.9 Å². The highest BCUT2D eigenvalue weighted by molar-refractivity contribution is 5.82. The molecule has 0 spiro atoms. The number of nitrogens with zero attached hydrogens (tertiary/aromatic N) is 1. The lowest BCUT2D eigenvalue weighted by Crippen LogP contribution is -2.26. The summed E-state index contributed by atoms with van der Waals surface area (Å²) in [5.74, 6) is -1.06. The van der Waals surface area contributed by atoms with Crippen molar-refractivity contribution in [3.05, 3.63) is 60.4 Å². The molecule has 22 heavy (non-hydrogen) atoms. The van der Waals surface area contributed by atoms with Crippen LogP contribution in [0.5, 0.6) is 5.75 Å². The predicted molar refractivity (Wildman–Crippen MR) is 80.0 cm³/mol. The van der Waals surface area contributed by atoms with Crippen molar-refractivity contribution in [3.63, 3.8) is 0 Å². The van der Waals surface area contributed by atoms with E-state index in [0.29, 0.717) is 11.3 Å². The first kappa shape index (κ1) is 15.7. The van der Waals surface area contributed by atoms with Gasteiger partial charge < -0.3 is 9.47 Å². The van der Waals surface area contributed by atoms with Crippen LogP contribution in [-0.4, -0.2) is 16.9 Å². The number of esters is 2. The average Bonchev–Trinajstić information content (AvgIpc) is 2.54. The number of aromatic nitrogens is 1. The summed E-state index contributed by atoms with van der Waals surface area (Å²) in [6, 6.07) is 11.9. The molecule has 0 bridgehead atoms. The van der Waals surface area contributed by atoms with E-state index in [0.717, 1.165) is 0 Å². The number of carbonyl (C=O) groups is 2. The maximum Gasteiger partial charge on any atom is 0.357 e. The van der Waals surface area contributed by atoms with Gasteiger partial charge in [-0.05, 0) is 24.3 Å². The molecule has 1 aromatic carbocycles. The predicted octanol–water partition coefficient (Wildman–Crippen LogP) is 2.93. The SMILES string of the molecule is CC(C)C(=O)OC(C(=O)Oc1ccccc1)c1ccncc1. The largest absolute Gasteiger partial charge is 0.445 e. The van der Waals surface area contributed by atoms with Gasteiger partial charge >= 0.3 is 11.9 Å². The van der Waals surface area contributed by atoms with Crippen molar-refractivity contribution in [3.8, 4) is 5.75 Å². The van der Waals surface area contributed by atoms with Crippen molar-refractivity contribution in [2.45, 2.75) is 20.0 Å². The molecule has 1 aromatic heterocycles. The quantitative estimate of drug-likeness (QED) is 0.627. The third kappa shape index (κ3) is 4.15. The number of pyridine rings is 1. The molecule has 2 aromatic rings. The van der Waals surface area contributed by atoms with Crippen LogP contribution < -0.4 is 4.74 Å².